The van der Waals surface area contributed by atoms with Crippen molar-refractivity contribution < 1.29 is 8.42 Å². The van der Waals surface area contributed by atoms with Crippen molar-refractivity contribution in [1.82, 2.24) is 0 Å². The SMILES string of the molecule is NS(=O)(=O)c1ccc(/C=C/CCl)cc1. The van der Waals surface area contributed by atoms with E-state index in [1.54, 1.807) is 24.3 Å². The Morgan fingerprint density at radius 1 is 1.29 bits per heavy atom. The Morgan fingerprint density at radius 3 is 2.29 bits per heavy atom. The standard InChI is InChI=1S/C9H10ClNO2S/c10-7-1-2-8-3-5-9(6-4-8)14(11,12)13/h1-6H,7H2,(H2,11,12,13)/b2-1+. The molecule has 0 amide bonds. The van der Waals surface area contributed by atoms with E-state index in [-0.39, 0.29) is 4.90 Å². The van der Waals surface area contributed by atoms with Gasteiger partial charge in [-0.15, -0.1) is 11.6 Å². The first-order valence-electron chi connectivity index (χ1n) is 3.89. The fourth-order valence-electron chi connectivity index (χ4n) is 0.949. The van der Waals surface area contributed by atoms with Gasteiger partial charge in [0.1, 0.15) is 0 Å². The second-order valence-corrected chi connectivity index (χ2v) is 4.54. The summed E-state index contributed by atoms with van der Waals surface area (Å²) < 4.78 is 21.8. The van der Waals surface area contributed by atoms with Crippen molar-refractivity contribution in [2.24, 2.45) is 5.14 Å². The highest BCUT2D eigenvalue weighted by Gasteiger charge is 2.05. The number of benzene rings is 1. The molecule has 0 bridgehead atoms. The first-order chi connectivity index (χ1) is 6.54. The normalized spacial score (nSPS) is 12.1. The quantitative estimate of drug-likeness (QED) is 0.803. The summed E-state index contributed by atoms with van der Waals surface area (Å²) in [6, 6.07) is 6.26. The maximum atomic E-state index is 10.9. The van der Waals surface area contributed by atoms with Gasteiger partial charge in [-0.3, -0.25) is 0 Å². The van der Waals surface area contributed by atoms with Crippen molar-refractivity contribution in [1.29, 1.82) is 0 Å². The van der Waals surface area contributed by atoms with E-state index in [1.807, 2.05) is 0 Å². The number of sulfonamides is 1. The second kappa shape index (κ2) is 4.59. The molecule has 1 aromatic rings. The summed E-state index contributed by atoms with van der Waals surface area (Å²) in [6.07, 6.45) is 3.58. The molecule has 0 aliphatic rings. The molecule has 14 heavy (non-hydrogen) atoms. The Bertz CT molecular complexity index is 423. The van der Waals surface area contributed by atoms with E-state index in [9.17, 15) is 8.42 Å². The molecule has 3 nitrogen and oxygen atoms in total. The maximum absolute atomic E-state index is 10.9. The molecule has 1 rings (SSSR count). The molecule has 0 heterocycles. The molecule has 1 aromatic carbocycles. The summed E-state index contributed by atoms with van der Waals surface area (Å²) in [6.45, 7) is 0. The monoisotopic (exact) mass is 231 g/mol. The smallest absolute Gasteiger partial charge is 0.225 e. The van der Waals surface area contributed by atoms with Gasteiger partial charge in [0, 0.05) is 5.88 Å². The molecule has 0 aromatic heterocycles. The van der Waals surface area contributed by atoms with E-state index < -0.39 is 10.0 Å². The topological polar surface area (TPSA) is 60.2 Å². The molecule has 0 unspecified atom stereocenters. The average Bonchev–Trinajstić information content (AvgIpc) is 2.14. The van der Waals surface area contributed by atoms with Crippen LogP contribution in [0, 0.1) is 0 Å². The van der Waals surface area contributed by atoms with Crippen LogP contribution in [0.25, 0.3) is 6.08 Å². The minimum atomic E-state index is -3.59. The zero-order valence-electron chi connectivity index (χ0n) is 7.35. The number of hydrogen-bond donors (Lipinski definition) is 1. The van der Waals surface area contributed by atoms with Crippen LogP contribution in [0.3, 0.4) is 0 Å². The van der Waals surface area contributed by atoms with Gasteiger partial charge in [0.05, 0.1) is 4.90 Å². The van der Waals surface area contributed by atoms with Crippen molar-refractivity contribution in [3.63, 3.8) is 0 Å². The molecule has 0 aliphatic heterocycles. The lowest BCUT2D eigenvalue weighted by Gasteiger charge is -1.97. The van der Waals surface area contributed by atoms with E-state index in [1.165, 1.54) is 12.1 Å². The molecule has 0 saturated carbocycles. The summed E-state index contributed by atoms with van der Waals surface area (Å²) in [5, 5.41) is 4.94. The van der Waals surface area contributed by atoms with Crippen molar-refractivity contribution >= 4 is 27.7 Å². The van der Waals surface area contributed by atoms with Gasteiger partial charge in [0.25, 0.3) is 0 Å². The van der Waals surface area contributed by atoms with Crippen LogP contribution in [-0.2, 0) is 10.0 Å². The molecule has 0 spiro atoms. The van der Waals surface area contributed by atoms with E-state index in [4.69, 9.17) is 16.7 Å². The molecule has 76 valence electrons. The largest absolute Gasteiger partial charge is 0.238 e. The van der Waals surface area contributed by atoms with Gasteiger partial charge in [0.2, 0.25) is 10.0 Å². The van der Waals surface area contributed by atoms with Gasteiger partial charge in [0.15, 0.2) is 0 Å². The molecule has 0 radical (unpaired) electrons. The number of halogens is 1. The van der Waals surface area contributed by atoms with E-state index in [2.05, 4.69) is 0 Å². The lowest BCUT2D eigenvalue weighted by Crippen LogP contribution is -2.11. The van der Waals surface area contributed by atoms with Crippen molar-refractivity contribution in [3.05, 3.63) is 35.9 Å². The van der Waals surface area contributed by atoms with Gasteiger partial charge in [-0.05, 0) is 17.7 Å². The van der Waals surface area contributed by atoms with Crippen molar-refractivity contribution in [2.75, 3.05) is 5.88 Å². The molecule has 0 fully saturated rings. The fourth-order valence-corrected chi connectivity index (χ4v) is 1.55. The Hall–Kier alpha value is -0.840. The van der Waals surface area contributed by atoms with Crippen molar-refractivity contribution in [3.8, 4) is 0 Å². The highest BCUT2D eigenvalue weighted by atomic mass is 35.5. The number of hydrogen-bond acceptors (Lipinski definition) is 2. The van der Waals surface area contributed by atoms with E-state index >= 15 is 0 Å². The molecule has 0 aliphatic carbocycles. The maximum Gasteiger partial charge on any atom is 0.238 e. The van der Waals surface area contributed by atoms with Crippen LogP contribution in [0.5, 0.6) is 0 Å². The Balaban J connectivity index is 2.95. The predicted octanol–water partition coefficient (Wildman–Crippen LogP) is 1.59. The average molecular weight is 232 g/mol. The van der Waals surface area contributed by atoms with Crippen LogP contribution >= 0.6 is 11.6 Å². The zero-order chi connectivity index (χ0) is 10.6. The Labute approximate surface area is 88.2 Å². The fraction of sp³-hybridized carbons (Fsp3) is 0.111. The van der Waals surface area contributed by atoms with Crippen LogP contribution in [0.1, 0.15) is 5.56 Å². The van der Waals surface area contributed by atoms with E-state index in [0.717, 1.165) is 5.56 Å². The number of allylic oxidation sites excluding steroid dienone is 1. The highest BCUT2D eigenvalue weighted by Crippen LogP contribution is 2.09. The molecule has 0 saturated heterocycles. The molecule has 5 heteroatoms. The second-order valence-electron chi connectivity index (χ2n) is 2.67. The minimum Gasteiger partial charge on any atom is -0.225 e. The molecular formula is C9H10ClNO2S. The Morgan fingerprint density at radius 2 is 1.86 bits per heavy atom. The Kier molecular flexibility index (Phi) is 3.69. The van der Waals surface area contributed by atoms with Gasteiger partial charge < -0.3 is 0 Å². The number of primary sulfonamides is 1. The van der Waals surface area contributed by atoms with Gasteiger partial charge >= 0.3 is 0 Å². The van der Waals surface area contributed by atoms with Crippen LogP contribution < -0.4 is 5.14 Å². The minimum absolute atomic E-state index is 0.112. The summed E-state index contributed by atoms with van der Waals surface area (Å²) >= 11 is 5.45. The summed E-state index contributed by atoms with van der Waals surface area (Å²) in [4.78, 5) is 0.112. The number of nitrogens with two attached hydrogens (primary N) is 1. The van der Waals surface area contributed by atoms with Crippen LogP contribution in [-0.4, -0.2) is 14.3 Å². The van der Waals surface area contributed by atoms with Gasteiger partial charge in [-0.2, -0.15) is 0 Å². The third-order valence-corrected chi connectivity index (χ3v) is 2.72. The first-order valence-corrected chi connectivity index (χ1v) is 5.97. The lowest BCUT2D eigenvalue weighted by atomic mass is 10.2. The summed E-state index contributed by atoms with van der Waals surface area (Å²) in [7, 11) is -3.59. The summed E-state index contributed by atoms with van der Waals surface area (Å²) in [5.41, 5.74) is 0.887. The summed E-state index contributed by atoms with van der Waals surface area (Å²) in [5.74, 6) is 0.428. The first kappa shape index (κ1) is 11.2. The van der Waals surface area contributed by atoms with Gasteiger partial charge in [-0.25, -0.2) is 13.6 Å². The molecular weight excluding hydrogens is 222 g/mol. The molecule has 2 N–H and O–H groups in total. The third kappa shape index (κ3) is 3.14. The number of rotatable bonds is 3. The number of alkyl halides is 1. The molecule has 0 atom stereocenters. The van der Waals surface area contributed by atoms with Gasteiger partial charge in [-0.1, -0.05) is 24.3 Å². The van der Waals surface area contributed by atoms with Crippen molar-refractivity contribution in [2.45, 2.75) is 4.90 Å². The predicted molar refractivity (Wildman–Crippen MR) is 57.6 cm³/mol. The van der Waals surface area contributed by atoms with Crippen LogP contribution in [0.4, 0.5) is 0 Å². The van der Waals surface area contributed by atoms with Crippen LogP contribution in [0.2, 0.25) is 0 Å². The zero-order valence-corrected chi connectivity index (χ0v) is 8.92. The third-order valence-electron chi connectivity index (χ3n) is 1.61. The van der Waals surface area contributed by atoms with E-state index in [0.29, 0.717) is 5.88 Å². The highest BCUT2D eigenvalue weighted by molar-refractivity contribution is 7.89. The lowest BCUT2D eigenvalue weighted by molar-refractivity contribution is 0.598. The van der Waals surface area contributed by atoms with Crippen LogP contribution in [0.15, 0.2) is 35.2 Å².